The highest BCUT2D eigenvalue weighted by molar-refractivity contribution is 5.85. The summed E-state index contributed by atoms with van der Waals surface area (Å²) < 4.78 is 6.24. The van der Waals surface area contributed by atoms with E-state index in [1.807, 2.05) is 27.2 Å². The fourth-order valence-corrected chi connectivity index (χ4v) is 4.80. The number of piperidine rings is 1. The van der Waals surface area contributed by atoms with Gasteiger partial charge in [-0.3, -0.25) is 4.99 Å². The number of hydrogen-bond donors (Lipinski definition) is 1. The molecule has 1 aromatic heterocycles. The van der Waals surface area contributed by atoms with Crippen molar-refractivity contribution in [2.24, 2.45) is 10.9 Å². The highest BCUT2D eigenvalue weighted by Gasteiger charge is 2.24. The van der Waals surface area contributed by atoms with E-state index in [-0.39, 0.29) is 0 Å². The van der Waals surface area contributed by atoms with Gasteiger partial charge in [-0.25, -0.2) is 4.98 Å². The number of hydrogen-bond acceptors (Lipinski definition) is 4. The molecule has 0 radical (unpaired) electrons. The van der Waals surface area contributed by atoms with E-state index < -0.39 is 0 Å². The molecule has 1 aromatic carbocycles. The molecule has 1 saturated carbocycles. The monoisotopic (exact) mass is 423 g/mol. The number of fused-ring (bicyclic) bond motifs is 1. The zero-order valence-corrected chi connectivity index (χ0v) is 19.3. The number of guanidine groups is 1. The standard InChI is InChI=1S/C25H37N5O/c1-26-25(30-14-12-21(13-15-30)31-18-19-8-4-5-9-19)27-17-20-16-24(29(2)3)28-23-11-7-6-10-22(20)23/h6-7,10-11,16,19,21H,4-5,8-9,12-15,17-18H2,1-3H3,(H,26,27). The molecule has 1 saturated heterocycles. The van der Waals surface area contributed by atoms with Gasteiger partial charge < -0.3 is 19.9 Å². The van der Waals surface area contributed by atoms with Crippen molar-refractivity contribution in [1.29, 1.82) is 0 Å². The number of anilines is 1. The van der Waals surface area contributed by atoms with E-state index in [0.717, 1.165) is 62.3 Å². The van der Waals surface area contributed by atoms with Gasteiger partial charge in [0.15, 0.2) is 5.96 Å². The van der Waals surface area contributed by atoms with Crippen molar-refractivity contribution in [2.45, 2.75) is 51.2 Å². The summed E-state index contributed by atoms with van der Waals surface area (Å²) in [5.41, 5.74) is 2.27. The first-order valence-electron chi connectivity index (χ1n) is 11.8. The van der Waals surface area contributed by atoms with Gasteiger partial charge in [-0.1, -0.05) is 31.0 Å². The van der Waals surface area contributed by atoms with Crippen molar-refractivity contribution < 1.29 is 4.74 Å². The minimum atomic E-state index is 0.404. The minimum Gasteiger partial charge on any atom is -0.378 e. The van der Waals surface area contributed by atoms with Crippen LogP contribution in [-0.2, 0) is 11.3 Å². The van der Waals surface area contributed by atoms with Crippen molar-refractivity contribution in [3.05, 3.63) is 35.9 Å². The number of para-hydroxylation sites is 1. The molecule has 2 aliphatic rings. The largest absolute Gasteiger partial charge is 0.378 e. The molecule has 0 spiro atoms. The number of nitrogens with one attached hydrogen (secondary N) is 1. The molecule has 4 rings (SSSR count). The van der Waals surface area contributed by atoms with Crippen molar-refractivity contribution in [3.63, 3.8) is 0 Å². The van der Waals surface area contributed by atoms with E-state index >= 15 is 0 Å². The summed E-state index contributed by atoms with van der Waals surface area (Å²) in [6.07, 6.45) is 8.05. The quantitative estimate of drug-likeness (QED) is 0.561. The molecule has 1 aliphatic carbocycles. The highest BCUT2D eigenvalue weighted by atomic mass is 16.5. The van der Waals surface area contributed by atoms with E-state index in [1.54, 1.807) is 0 Å². The minimum absolute atomic E-state index is 0.404. The van der Waals surface area contributed by atoms with Crippen LogP contribution in [0.5, 0.6) is 0 Å². The van der Waals surface area contributed by atoms with Gasteiger partial charge in [0, 0.05) is 52.8 Å². The molecule has 2 fully saturated rings. The van der Waals surface area contributed by atoms with E-state index in [9.17, 15) is 0 Å². The lowest BCUT2D eigenvalue weighted by atomic mass is 10.1. The van der Waals surface area contributed by atoms with Crippen LogP contribution in [0.2, 0.25) is 0 Å². The van der Waals surface area contributed by atoms with Gasteiger partial charge >= 0.3 is 0 Å². The Labute approximate surface area is 186 Å². The van der Waals surface area contributed by atoms with Crippen LogP contribution in [0.1, 0.15) is 44.1 Å². The molecule has 0 unspecified atom stereocenters. The van der Waals surface area contributed by atoms with Crippen LogP contribution in [0.15, 0.2) is 35.3 Å². The Morgan fingerprint density at radius 3 is 2.61 bits per heavy atom. The third-order valence-corrected chi connectivity index (χ3v) is 6.68. The van der Waals surface area contributed by atoms with Crippen LogP contribution in [0.3, 0.4) is 0 Å². The van der Waals surface area contributed by atoms with Crippen LogP contribution in [-0.4, -0.2) is 62.8 Å². The van der Waals surface area contributed by atoms with Gasteiger partial charge in [-0.05, 0) is 49.3 Å². The molecule has 2 aromatic rings. The number of nitrogens with zero attached hydrogens (tertiary/aromatic N) is 4. The first-order valence-corrected chi connectivity index (χ1v) is 11.8. The van der Waals surface area contributed by atoms with Gasteiger partial charge in [0.25, 0.3) is 0 Å². The van der Waals surface area contributed by atoms with Gasteiger partial charge in [-0.2, -0.15) is 0 Å². The molecule has 168 valence electrons. The third kappa shape index (κ3) is 5.48. The van der Waals surface area contributed by atoms with Gasteiger partial charge in [0.2, 0.25) is 0 Å². The zero-order chi connectivity index (χ0) is 21.6. The molecule has 2 heterocycles. The number of likely N-dealkylation sites (tertiary alicyclic amines) is 1. The molecular formula is C25H37N5O. The van der Waals surface area contributed by atoms with E-state index in [4.69, 9.17) is 9.72 Å². The Balaban J connectivity index is 1.34. The first kappa shape index (κ1) is 21.9. The Morgan fingerprint density at radius 1 is 1.16 bits per heavy atom. The second-order valence-electron chi connectivity index (χ2n) is 9.12. The van der Waals surface area contributed by atoms with Gasteiger partial charge in [-0.15, -0.1) is 0 Å². The summed E-state index contributed by atoms with van der Waals surface area (Å²) in [6.45, 7) is 3.68. The van der Waals surface area contributed by atoms with Crippen LogP contribution in [0.4, 0.5) is 5.82 Å². The van der Waals surface area contributed by atoms with E-state index in [1.165, 1.54) is 36.6 Å². The third-order valence-electron chi connectivity index (χ3n) is 6.68. The average Bonchev–Trinajstić information content (AvgIpc) is 3.32. The number of benzene rings is 1. The summed E-state index contributed by atoms with van der Waals surface area (Å²) in [7, 11) is 5.94. The zero-order valence-electron chi connectivity index (χ0n) is 19.3. The van der Waals surface area contributed by atoms with Gasteiger partial charge in [0.1, 0.15) is 5.82 Å². The van der Waals surface area contributed by atoms with E-state index in [0.29, 0.717) is 6.10 Å². The molecule has 0 atom stereocenters. The van der Waals surface area contributed by atoms with Gasteiger partial charge in [0.05, 0.1) is 11.6 Å². The SMILES string of the molecule is CN=C(NCc1cc(N(C)C)nc2ccccc12)N1CCC(OCC2CCCC2)CC1. The summed E-state index contributed by atoms with van der Waals surface area (Å²) in [6, 6.07) is 10.5. The van der Waals surface area contributed by atoms with Crippen LogP contribution in [0, 0.1) is 5.92 Å². The maximum atomic E-state index is 6.24. The van der Waals surface area contributed by atoms with Crippen LogP contribution < -0.4 is 10.2 Å². The Hall–Kier alpha value is -2.34. The predicted octanol–water partition coefficient (Wildman–Crippen LogP) is 4.05. The highest BCUT2D eigenvalue weighted by Crippen LogP contribution is 2.26. The lowest BCUT2D eigenvalue weighted by Gasteiger charge is -2.34. The molecule has 31 heavy (non-hydrogen) atoms. The molecule has 6 nitrogen and oxygen atoms in total. The number of ether oxygens (including phenoxy) is 1. The lowest BCUT2D eigenvalue weighted by molar-refractivity contribution is 0.00101. The molecule has 1 N–H and O–H groups in total. The summed E-state index contributed by atoms with van der Waals surface area (Å²) in [5, 5.41) is 4.78. The summed E-state index contributed by atoms with van der Waals surface area (Å²) in [5.74, 6) is 2.75. The maximum Gasteiger partial charge on any atom is 0.193 e. The molecule has 0 bridgehead atoms. The fourth-order valence-electron chi connectivity index (χ4n) is 4.80. The summed E-state index contributed by atoms with van der Waals surface area (Å²) >= 11 is 0. The summed E-state index contributed by atoms with van der Waals surface area (Å²) in [4.78, 5) is 13.8. The van der Waals surface area contributed by atoms with Crippen LogP contribution in [0.25, 0.3) is 10.9 Å². The lowest BCUT2D eigenvalue weighted by Crippen LogP contribution is -2.46. The maximum absolute atomic E-state index is 6.24. The van der Waals surface area contributed by atoms with Crippen molar-refractivity contribution in [2.75, 3.05) is 45.7 Å². The second-order valence-corrected chi connectivity index (χ2v) is 9.12. The average molecular weight is 424 g/mol. The molecule has 0 amide bonds. The van der Waals surface area contributed by atoms with Crippen molar-refractivity contribution in [3.8, 4) is 0 Å². The van der Waals surface area contributed by atoms with Crippen LogP contribution >= 0.6 is 0 Å². The first-order chi connectivity index (χ1) is 15.1. The Bertz CT molecular complexity index is 883. The number of rotatable bonds is 6. The Morgan fingerprint density at radius 2 is 1.90 bits per heavy atom. The predicted molar refractivity (Wildman–Crippen MR) is 129 cm³/mol. The number of aromatic nitrogens is 1. The fraction of sp³-hybridized carbons (Fsp3) is 0.600. The van der Waals surface area contributed by atoms with Crippen molar-refractivity contribution >= 4 is 22.7 Å². The number of pyridine rings is 1. The molecule has 6 heteroatoms. The Kier molecular flexibility index (Phi) is 7.28. The topological polar surface area (TPSA) is 53.0 Å². The van der Waals surface area contributed by atoms with E-state index in [2.05, 4.69) is 44.4 Å². The molecule has 1 aliphatic heterocycles. The smallest absolute Gasteiger partial charge is 0.193 e. The van der Waals surface area contributed by atoms with Crippen molar-refractivity contribution in [1.82, 2.24) is 15.2 Å². The molecular weight excluding hydrogens is 386 g/mol. The second kappa shape index (κ2) is 10.3. The number of aliphatic imine (C=N–C) groups is 1. The normalized spacial score (nSPS) is 18.7.